The lowest BCUT2D eigenvalue weighted by molar-refractivity contribution is -0.125. The molecule has 148 valence electrons. The first-order chi connectivity index (χ1) is 14.1. The van der Waals surface area contributed by atoms with Gasteiger partial charge in [-0.25, -0.2) is 15.0 Å². The zero-order chi connectivity index (χ0) is 20.0. The van der Waals surface area contributed by atoms with Gasteiger partial charge in [0.1, 0.15) is 22.8 Å². The number of thiophene rings is 1. The smallest absolute Gasteiger partial charge is 0.223 e. The molecule has 0 aliphatic heterocycles. The first-order valence-electron chi connectivity index (χ1n) is 9.70. The molecule has 4 heterocycles. The number of carbonyl (C=O) groups excluding carboxylic acids is 1. The summed E-state index contributed by atoms with van der Waals surface area (Å²) in [5, 5.41) is 15.4. The monoisotopic (exact) mass is 407 g/mol. The van der Waals surface area contributed by atoms with Gasteiger partial charge in [0, 0.05) is 22.2 Å². The lowest BCUT2D eigenvalue weighted by Gasteiger charge is -2.22. The van der Waals surface area contributed by atoms with Crippen molar-refractivity contribution in [3.05, 3.63) is 35.2 Å². The van der Waals surface area contributed by atoms with Crippen LogP contribution in [0.3, 0.4) is 0 Å². The normalized spacial score (nSPS) is 16.3. The van der Waals surface area contributed by atoms with Gasteiger partial charge in [0.05, 0.1) is 23.3 Å². The molecule has 0 radical (unpaired) electrons. The van der Waals surface area contributed by atoms with Crippen LogP contribution in [0, 0.1) is 5.92 Å². The fraction of sp³-hybridized carbons (Fsp3) is 0.350. The highest BCUT2D eigenvalue weighted by Crippen LogP contribution is 2.40. The zero-order valence-corrected chi connectivity index (χ0v) is 17.0. The Labute approximate surface area is 171 Å². The molecule has 1 amide bonds. The van der Waals surface area contributed by atoms with Gasteiger partial charge in [-0.05, 0) is 44.7 Å². The highest BCUT2D eigenvalue weighted by atomic mass is 32.1. The Kier molecular flexibility index (Phi) is 4.39. The van der Waals surface area contributed by atoms with E-state index < -0.39 is 0 Å². The Bertz CT molecular complexity index is 1210. The molecule has 0 fully saturated rings. The number of rotatable bonds is 4. The van der Waals surface area contributed by atoms with E-state index >= 15 is 0 Å². The van der Waals surface area contributed by atoms with Crippen LogP contribution in [0.15, 0.2) is 24.8 Å². The number of aromatic amines is 1. The van der Waals surface area contributed by atoms with E-state index in [1.807, 2.05) is 19.9 Å². The second kappa shape index (κ2) is 7.07. The molecule has 3 N–H and O–H groups in total. The molecule has 9 heteroatoms. The Balaban J connectivity index is 1.47. The van der Waals surface area contributed by atoms with Crippen LogP contribution in [0.2, 0.25) is 0 Å². The minimum Gasteiger partial charge on any atom is -0.354 e. The fourth-order valence-electron chi connectivity index (χ4n) is 3.86. The van der Waals surface area contributed by atoms with Crippen molar-refractivity contribution < 1.29 is 4.79 Å². The molecule has 4 aromatic rings. The first-order valence-corrected chi connectivity index (χ1v) is 10.5. The number of H-pyrrole nitrogens is 1. The fourth-order valence-corrected chi connectivity index (χ4v) is 5.13. The van der Waals surface area contributed by atoms with Gasteiger partial charge in [-0.15, -0.1) is 11.3 Å². The van der Waals surface area contributed by atoms with Crippen molar-refractivity contribution in [1.29, 1.82) is 0 Å². The Morgan fingerprint density at radius 2 is 2.17 bits per heavy atom. The van der Waals surface area contributed by atoms with E-state index in [1.54, 1.807) is 30.1 Å². The molecule has 8 nitrogen and oxygen atoms in total. The summed E-state index contributed by atoms with van der Waals surface area (Å²) >= 11 is 1.66. The number of nitrogens with zero attached hydrogens (tertiary/aromatic N) is 4. The van der Waals surface area contributed by atoms with Gasteiger partial charge < -0.3 is 10.6 Å². The van der Waals surface area contributed by atoms with Crippen LogP contribution in [0.25, 0.3) is 21.1 Å². The molecule has 1 aliphatic carbocycles. The van der Waals surface area contributed by atoms with Crippen molar-refractivity contribution in [1.82, 2.24) is 30.5 Å². The van der Waals surface area contributed by atoms with E-state index in [2.05, 4.69) is 35.8 Å². The molecular formula is C20H21N7OS. The predicted octanol–water partition coefficient (Wildman–Crippen LogP) is 3.34. The maximum Gasteiger partial charge on any atom is 0.223 e. The number of fused-ring (bicyclic) bond motifs is 4. The molecule has 1 unspecified atom stereocenters. The largest absolute Gasteiger partial charge is 0.354 e. The van der Waals surface area contributed by atoms with E-state index in [-0.39, 0.29) is 17.9 Å². The maximum atomic E-state index is 12.5. The van der Waals surface area contributed by atoms with Crippen LogP contribution in [0.4, 0.5) is 11.6 Å². The molecule has 0 aromatic carbocycles. The van der Waals surface area contributed by atoms with Crippen molar-refractivity contribution in [2.24, 2.45) is 5.92 Å². The summed E-state index contributed by atoms with van der Waals surface area (Å²) in [6, 6.07) is 2.10. The molecule has 0 spiro atoms. The lowest BCUT2D eigenvalue weighted by atomic mass is 9.87. The van der Waals surface area contributed by atoms with E-state index in [0.29, 0.717) is 5.82 Å². The van der Waals surface area contributed by atoms with Gasteiger partial charge in [-0.1, -0.05) is 0 Å². The van der Waals surface area contributed by atoms with Crippen molar-refractivity contribution >= 4 is 50.0 Å². The number of aromatic nitrogens is 5. The first kappa shape index (κ1) is 18.0. The van der Waals surface area contributed by atoms with Gasteiger partial charge in [-0.2, -0.15) is 5.10 Å². The zero-order valence-electron chi connectivity index (χ0n) is 16.2. The number of anilines is 2. The standard InChI is InChI=1S/C20H21N7OS/c1-10(2)25-19(28)11-3-4-13-15(5-11)29-20-17(13)18(22-9-23-20)26-16-6-12-7-24-27-14(12)8-21-16/h6-11H,3-5H2,1-2H3,(H,24,27)(H,25,28)(H,21,22,23,26). The highest BCUT2D eigenvalue weighted by Gasteiger charge is 2.29. The molecular weight excluding hydrogens is 386 g/mol. The molecule has 1 aliphatic rings. The third-order valence-electron chi connectivity index (χ3n) is 5.22. The van der Waals surface area contributed by atoms with Crippen LogP contribution in [0.1, 0.15) is 30.7 Å². The highest BCUT2D eigenvalue weighted by molar-refractivity contribution is 7.19. The van der Waals surface area contributed by atoms with E-state index in [1.165, 1.54) is 10.4 Å². The minimum atomic E-state index is 0.0208. The number of hydrogen-bond acceptors (Lipinski definition) is 7. The van der Waals surface area contributed by atoms with Crippen molar-refractivity contribution in [3.8, 4) is 0 Å². The number of aryl methyl sites for hydroxylation is 1. The average Bonchev–Trinajstić information content (AvgIpc) is 3.31. The summed E-state index contributed by atoms with van der Waals surface area (Å²) in [6.07, 6.45) is 7.54. The SMILES string of the molecule is CC(C)NC(=O)C1CCc2c(sc3ncnc(Nc4cc5cn[nH]c5cn4)c23)C1. The molecule has 0 saturated carbocycles. The Morgan fingerprint density at radius 1 is 1.28 bits per heavy atom. The summed E-state index contributed by atoms with van der Waals surface area (Å²) in [5.41, 5.74) is 2.15. The van der Waals surface area contributed by atoms with Gasteiger partial charge in [0.2, 0.25) is 5.91 Å². The third-order valence-corrected chi connectivity index (χ3v) is 6.38. The lowest BCUT2D eigenvalue weighted by Crippen LogP contribution is -2.37. The summed E-state index contributed by atoms with van der Waals surface area (Å²) in [6.45, 7) is 3.99. The number of pyridine rings is 1. The van der Waals surface area contributed by atoms with Crippen molar-refractivity contribution in [3.63, 3.8) is 0 Å². The van der Waals surface area contributed by atoms with Crippen LogP contribution >= 0.6 is 11.3 Å². The average molecular weight is 408 g/mol. The summed E-state index contributed by atoms with van der Waals surface area (Å²) in [7, 11) is 0. The summed E-state index contributed by atoms with van der Waals surface area (Å²) < 4.78 is 0. The van der Waals surface area contributed by atoms with Gasteiger partial charge in [-0.3, -0.25) is 9.89 Å². The number of hydrogen-bond donors (Lipinski definition) is 3. The third kappa shape index (κ3) is 3.31. The second-order valence-electron chi connectivity index (χ2n) is 7.66. The van der Waals surface area contributed by atoms with Crippen LogP contribution in [0.5, 0.6) is 0 Å². The molecule has 0 bridgehead atoms. The van der Waals surface area contributed by atoms with Crippen molar-refractivity contribution in [2.75, 3.05) is 5.32 Å². The molecule has 5 rings (SSSR count). The molecule has 1 atom stereocenters. The van der Waals surface area contributed by atoms with E-state index in [0.717, 1.165) is 46.2 Å². The molecule has 0 saturated heterocycles. The Morgan fingerprint density at radius 3 is 3.03 bits per heavy atom. The quantitative estimate of drug-likeness (QED) is 0.479. The number of amides is 1. The van der Waals surface area contributed by atoms with Crippen LogP contribution < -0.4 is 10.6 Å². The molecule has 4 aromatic heterocycles. The Hall–Kier alpha value is -3.07. The van der Waals surface area contributed by atoms with Gasteiger partial charge in [0.15, 0.2) is 0 Å². The van der Waals surface area contributed by atoms with Crippen LogP contribution in [-0.2, 0) is 17.6 Å². The van der Waals surface area contributed by atoms with E-state index in [9.17, 15) is 4.79 Å². The number of nitrogens with one attached hydrogen (secondary N) is 3. The predicted molar refractivity (Wildman–Crippen MR) is 113 cm³/mol. The minimum absolute atomic E-state index is 0.0208. The van der Waals surface area contributed by atoms with Crippen molar-refractivity contribution in [2.45, 2.75) is 39.2 Å². The van der Waals surface area contributed by atoms with E-state index in [4.69, 9.17) is 0 Å². The van der Waals surface area contributed by atoms with Crippen LogP contribution in [-0.4, -0.2) is 37.1 Å². The van der Waals surface area contributed by atoms with Gasteiger partial charge >= 0.3 is 0 Å². The molecule has 29 heavy (non-hydrogen) atoms. The summed E-state index contributed by atoms with van der Waals surface area (Å²) in [5.74, 6) is 1.63. The summed E-state index contributed by atoms with van der Waals surface area (Å²) in [4.78, 5) is 28.1. The number of carbonyl (C=O) groups is 1. The second-order valence-corrected chi connectivity index (χ2v) is 8.74. The van der Waals surface area contributed by atoms with Gasteiger partial charge in [0.25, 0.3) is 0 Å². The maximum absolute atomic E-state index is 12.5. The topological polar surface area (TPSA) is 108 Å².